The zero-order valence-corrected chi connectivity index (χ0v) is 7.39. The largest absolute Gasteiger partial charge is 0.505 e. The zero-order valence-electron chi connectivity index (χ0n) is 7.39. The molecule has 0 spiro atoms. The van der Waals surface area contributed by atoms with Crippen molar-refractivity contribution < 1.29 is 15.0 Å². The van der Waals surface area contributed by atoms with E-state index in [9.17, 15) is 14.7 Å². The fraction of sp³-hybridized carbons (Fsp3) is 0. The van der Waals surface area contributed by atoms with Crippen molar-refractivity contribution in [2.45, 2.75) is 0 Å². The SMILES string of the molecule is O=C(O)c1c(O)c2ncccc2[nH]c1=O. The molecular weight excluding hydrogens is 200 g/mol. The summed E-state index contributed by atoms with van der Waals surface area (Å²) in [4.78, 5) is 28.1. The molecule has 76 valence electrons. The van der Waals surface area contributed by atoms with Gasteiger partial charge in [-0.3, -0.25) is 9.78 Å². The molecule has 0 aromatic carbocycles. The average molecular weight is 206 g/mol. The van der Waals surface area contributed by atoms with Crippen molar-refractivity contribution in [2.24, 2.45) is 0 Å². The van der Waals surface area contributed by atoms with Crippen LogP contribution in [0.5, 0.6) is 5.75 Å². The Morgan fingerprint density at radius 3 is 2.87 bits per heavy atom. The minimum absolute atomic E-state index is 0.0644. The molecule has 6 heteroatoms. The number of H-pyrrole nitrogens is 1. The highest BCUT2D eigenvalue weighted by Crippen LogP contribution is 2.21. The van der Waals surface area contributed by atoms with Crippen LogP contribution in [-0.4, -0.2) is 26.2 Å². The molecule has 2 aromatic heterocycles. The van der Waals surface area contributed by atoms with E-state index in [1.165, 1.54) is 12.3 Å². The van der Waals surface area contributed by atoms with Crippen LogP contribution in [0.4, 0.5) is 0 Å². The third kappa shape index (κ3) is 1.32. The molecule has 0 bridgehead atoms. The highest BCUT2D eigenvalue weighted by molar-refractivity contribution is 5.96. The number of hydrogen-bond acceptors (Lipinski definition) is 4. The summed E-state index contributed by atoms with van der Waals surface area (Å²) < 4.78 is 0. The second-order valence-corrected chi connectivity index (χ2v) is 2.88. The van der Waals surface area contributed by atoms with E-state index in [0.29, 0.717) is 5.52 Å². The average Bonchev–Trinajstić information content (AvgIpc) is 2.17. The molecule has 0 aliphatic carbocycles. The maximum Gasteiger partial charge on any atom is 0.345 e. The van der Waals surface area contributed by atoms with Crippen molar-refractivity contribution in [1.29, 1.82) is 0 Å². The first kappa shape index (κ1) is 9.20. The van der Waals surface area contributed by atoms with Gasteiger partial charge in [0.25, 0.3) is 5.56 Å². The molecule has 3 N–H and O–H groups in total. The standard InChI is InChI=1S/C9H6N2O4/c12-7-5(9(14)15)8(13)11-4-2-1-3-10-6(4)7/h1-3H,(H,14,15)(H2,11,12,13). The van der Waals surface area contributed by atoms with E-state index in [1.807, 2.05) is 0 Å². The second kappa shape index (κ2) is 3.09. The number of rotatable bonds is 1. The molecule has 0 saturated carbocycles. The van der Waals surface area contributed by atoms with Gasteiger partial charge in [0.05, 0.1) is 5.52 Å². The number of aromatic nitrogens is 2. The molecule has 0 saturated heterocycles. The van der Waals surface area contributed by atoms with Crippen LogP contribution < -0.4 is 5.56 Å². The van der Waals surface area contributed by atoms with E-state index in [1.54, 1.807) is 6.07 Å². The van der Waals surface area contributed by atoms with E-state index in [2.05, 4.69) is 9.97 Å². The van der Waals surface area contributed by atoms with Gasteiger partial charge in [-0.1, -0.05) is 0 Å². The molecule has 2 heterocycles. The van der Waals surface area contributed by atoms with Crippen molar-refractivity contribution in [3.63, 3.8) is 0 Å². The molecule has 0 fully saturated rings. The lowest BCUT2D eigenvalue weighted by atomic mass is 10.2. The van der Waals surface area contributed by atoms with Crippen LogP contribution in [0.25, 0.3) is 11.0 Å². The highest BCUT2D eigenvalue weighted by atomic mass is 16.4. The topological polar surface area (TPSA) is 103 Å². The van der Waals surface area contributed by atoms with Gasteiger partial charge in [0, 0.05) is 6.20 Å². The number of nitrogens with one attached hydrogen (secondary N) is 1. The molecule has 6 nitrogen and oxygen atoms in total. The minimum atomic E-state index is -1.48. The van der Waals surface area contributed by atoms with Gasteiger partial charge in [0.15, 0.2) is 11.3 Å². The van der Waals surface area contributed by atoms with Crippen molar-refractivity contribution >= 4 is 17.0 Å². The van der Waals surface area contributed by atoms with Gasteiger partial charge >= 0.3 is 5.97 Å². The number of aromatic amines is 1. The summed E-state index contributed by atoms with van der Waals surface area (Å²) in [6.07, 6.45) is 1.39. The van der Waals surface area contributed by atoms with Gasteiger partial charge in [0.2, 0.25) is 0 Å². The van der Waals surface area contributed by atoms with E-state index < -0.39 is 22.8 Å². The van der Waals surface area contributed by atoms with Crippen molar-refractivity contribution in [2.75, 3.05) is 0 Å². The highest BCUT2D eigenvalue weighted by Gasteiger charge is 2.18. The van der Waals surface area contributed by atoms with Crippen LogP contribution in [-0.2, 0) is 0 Å². The Labute approximate surface area is 82.8 Å². The molecule has 0 aliphatic rings. The fourth-order valence-electron chi connectivity index (χ4n) is 1.30. The zero-order chi connectivity index (χ0) is 11.0. The number of carbonyl (C=O) groups is 1. The van der Waals surface area contributed by atoms with Crippen molar-refractivity contribution in [3.05, 3.63) is 34.2 Å². The molecule has 0 unspecified atom stereocenters. The first-order chi connectivity index (χ1) is 7.11. The number of carboxylic acid groups (broad SMARTS) is 1. The molecule has 2 rings (SSSR count). The summed E-state index contributed by atoms with van der Waals surface area (Å²) in [7, 11) is 0. The van der Waals surface area contributed by atoms with Crippen LogP contribution in [0.1, 0.15) is 10.4 Å². The maximum absolute atomic E-state index is 11.3. The van der Waals surface area contributed by atoms with Gasteiger partial charge in [-0.25, -0.2) is 4.79 Å². The fourth-order valence-corrected chi connectivity index (χ4v) is 1.30. The van der Waals surface area contributed by atoms with E-state index in [-0.39, 0.29) is 5.52 Å². The minimum Gasteiger partial charge on any atom is -0.505 e. The number of hydrogen-bond donors (Lipinski definition) is 3. The molecule has 0 radical (unpaired) electrons. The normalized spacial score (nSPS) is 10.4. The summed E-state index contributed by atoms with van der Waals surface area (Å²) in [5.41, 5.74) is -1.18. The lowest BCUT2D eigenvalue weighted by Gasteiger charge is -2.02. The number of pyridine rings is 2. The van der Waals surface area contributed by atoms with E-state index in [0.717, 1.165) is 0 Å². The van der Waals surface area contributed by atoms with Gasteiger partial charge in [-0.15, -0.1) is 0 Å². The first-order valence-electron chi connectivity index (χ1n) is 4.04. The molecule has 15 heavy (non-hydrogen) atoms. The molecule has 0 atom stereocenters. The Morgan fingerprint density at radius 2 is 2.20 bits per heavy atom. The summed E-state index contributed by atoms with van der Waals surface area (Å²) in [6, 6.07) is 3.09. The molecule has 0 aliphatic heterocycles. The summed E-state index contributed by atoms with van der Waals surface area (Å²) >= 11 is 0. The van der Waals surface area contributed by atoms with Crippen LogP contribution in [0.3, 0.4) is 0 Å². The van der Waals surface area contributed by atoms with Gasteiger partial charge in [-0.05, 0) is 12.1 Å². The predicted octanol–water partition coefficient (Wildman–Crippen LogP) is 0.327. The summed E-state index contributed by atoms with van der Waals surface area (Å²) in [5, 5.41) is 18.2. The number of carboxylic acids is 1. The number of aromatic carboxylic acids is 1. The van der Waals surface area contributed by atoms with Gasteiger partial charge in [0.1, 0.15) is 5.52 Å². The van der Waals surface area contributed by atoms with Gasteiger partial charge in [-0.2, -0.15) is 0 Å². The van der Waals surface area contributed by atoms with Crippen LogP contribution in [0, 0.1) is 0 Å². The quantitative estimate of drug-likeness (QED) is 0.623. The Kier molecular flexibility index (Phi) is 1.89. The van der Waals surface area contributed by atoms with Gasteiger partial charge < -0.3 is 15.2 Å². The maximum atomic E-state index is 11.3. The monoisotopic (exact) mass is 206 g/mol. The van der Waals surface area contributed by atoms with E-state index >= 15 is 0 Å². The lowest BCUT2D eigenvalue weighted by molar-refractivity contribution is 0.0692. The van der Waals surface area contributed by atoms with E-state index in [4.69, 9.17) is 5.11 Å². The Bertz CT molecular complexity index is 603. The summed E-state index contributed by atoms with van der Waals surface area (Å²) in [6.45, 7) is 0. The summed E-state index contributed by atoms with van der Waals surface area (Å²) in [5.74, 6) is -2.09. The number of nitrogens with zero attached hydrogens (tertiary/aromatic N) is 1. The predicted molar refractivity (Wildman–Crippen MR) is 51.0 cm³/mol. The van der Waals surface area contributed by atoms with Crippen LogP contribution >= 0.6 is 0 Å². The van der Waals surface area contributed by atoms with Crippen LogP contribution in [0.2, 0.25) is 0 Å². The molecule has 0 amide bonds. The van der Waals surface area contributed by atoms with Crippen LogP contribution in [0.15, 0.2) is 23.1 Å². The third-order valence-corrected chi connectivity index (χ3v) is 1.96. The smallest absolute Gasteiger partial charge is 0.345 e. The second-order valence-electron chi connectivity index (χ2n) is 2.88. The number of fused-ring (bicyclic) bond motifs is 1. The number of aromatic hydroxyl groups is 1. The lowest BCUT2D eigenvalue weighted by Crippen LogP contribution is -2.17. The molecule has 2 aromatic rings. The van der Waals surface area contributed by atoms with Crippen molar-refractivity contribution in [1.82, 2.24) is 9.97 Å². The first-order valence-corrected chi connectivity index (χ1v) is 4.04. The Balaban J connectivity index is 2.97. The third-order valence-electron chi connectivity index (χ3n) is 1.96. The Morgan fingerprint density at radius 1 is 1.47 bits per heavy atom. The van der Waals surface area contributed by atoms with Crippen molar-refractivity contribution in [3.8, 4) is 5.75 Å². The molecular formula is C9H6N2O4. The Hall–Kier alpha value is -2.37.